The number of hydrogen-bond acceptors (Lipinski definition) is 3. The third-order valence-electron chi connectivity index (χ3n) is 3.53. The Hall–Kier alpha value is -1.43. The van der Waals surface area contributed by atoms with Crippen LogP contribution in [0, 0.1) is 0 Å². The van der Waals surface area contributed by atoms with Crippen LogP contribution in [0.2, 0.25) is 0 Å². The van der Waals surface area contributed by atoms with E-state index < -0.39 is 11.7 Å². The average molecular weight is 288 g/mol. The summed E-state index contributed by atoms with van der Waals surface area (Å²) in [7, 11) is 1.77. The molecule has 1 aliphatic rings. The second-order valence-corrected chi connectivity index (χ2v) is 5.14. The number of nitrogens with zero attached hydrogens (tertiary/aromatic N) is 1. The molecule has 20 heavy (non-hydrogen) atoms. The highest BCUT2D eigenvalue weighted by molar-refractivity contribution is 5.59. The molecule has 0 saturated carbocycles. The van der Waals surface area contributed by atoms with Crippen molar-refractivity contribution >= 4 is 11.4 Å². The van der Waals surface area contributed by atoms with Crippen LogP contribution >= 0.6 is 0 Å². The molecule has 1 aliphatic heterocycles. The van der Waals surface area contributed by atoms with Crippen molar-refractivity contribution in [3.8, 4) is 0 Å². The molecule has 0 spiro atoms. The van der Waals surface area contributed by atoms with E-state index in [0.717, 1.165) is 31.9 Å². The molecule has 0 aromatic heterocycles. The van der Waals surface area contributed by atoms with Gasteiger partial charge >= 0.3 is 6.18 Å². The van der Waals surface area contributed by atoms with E-state index in [-0.39, 0.29) is 11.8 Å². The van der Waals surface area contributed by atoms with Gasteiger partial charge in [0.15, 0.2) is 0 Å². The largest absolute Gasteiger partial charge is 0.418 e. The first-order valence-corrected chi connectivity index (χ1v) is 6.67. The Bertz CT molecular complexity index is 456. The van der Waals surface area contributed by atoms with Gasteiger partial charge in [0.05, 0.1) is 11.7 Å². The predicted octanol–water partition coefficient (Wildman–Crippen LogP) is 3.29. The highest BCUT2D eigenvalue weighted by Gasteiger charge is 2.33. The van der Waals surface area contributed by atoms with E-state index in [0.29, 0.717) is 12.2 Å². The minimum Gasteiger partial charge on any atom is -0.398 e. The Balaban J connectivity index is 2.11. The van der Waals surface area contributed by atoms with Gasteiger partial charge in [0, 0.05) is 31.6 Å². The Morgan fingerprint density at radius 2 is 2.10 bits per heavy atom. The van der Waals surface area contributed by atoms with Crippen molar-refractivity contribution in [2.45, 2.75) is 31.5 Å². The summed E-state index contributed by atoms with van der Waals surface area (Å²) in [5, 5.41) is 0. The van der Waals surface area contributed by atoms with Crippen LogP contribution in [0.25, 0.3) is 0 Å². The maximum Gasteiger partial charge on any atom is 0.418 e. The van der Waals surface area contributed by atoms with Gasteiger partial charge in [0.1, 0.15) is 0 Å². The van der Waals surface area contributed by atoms with Gasteiger partial charge in [-0.2, -0.15) is 13.2 Å². The lowest BCUT2D eigenvalue weighted by Gasteiger charge is -2.29. The maximum absolute atomic E-state index is 12.8. The minimum absolute atomic E-state index is 0.0839. The first kappa shape index (κ1) is 15.0. The summed E-state index contributed by atoms with van der Waals surface area (Å²) in [6, 6.07) is 4.00. The molecule has 2 rings (SSSR count). The quantitative estimate of drug-likeness (QED) is 0.867. The number of ether oxygens (including phenoxy) is 1. The van der Waals surface area contributed by atoms with Crippen LogP contribution in [-0.2, 0) is 10.9 Å². The van der Waals surface area contributed by atoms with Crippen LogP contribution < -0.4 is 10.6 Å². The smallest absolute Gasteiger partial charge is 0.398 e. The van der Waals surface area contributed by atoms with Gasteiger partial charge in [-0.1, -0.05) is 0 Å². The molecule has 1 unspecified atom stereocenters. The standard InChI is InChI=1S/C14H19F3N2O/c1-19(9-11-4-2-3-7-20-11)10-5-6-13(18)12(8-10)14(15,16)17/h5-6,8,11H,2-4,7,9,18H2,1H3. The van der Waals surface area contributed by atoms with Gasteiger partial charge in [0.25, 0.3) is 0 Å². The molecular formula is C14H19F3N2O. The third-order valence-corrected chi connectivity index (χ3v) is 3.53. The predicted molar refractivity (Wildman–Crippen MR) is 72.7 cm³/mol. The summed E-state index contributed by atoms with van der Waals surface area (Å²) in [5.41, 5.74) is 4.87. The van der Waals surface area contributed by atoms with Crippen molar-refractivity contribution in [3.05, 3.63) is 23.8 Å². The Morgan fingerprint density at radius 3 is 2.70 bits per heavy atom. The third kappa shape index (κ3) is 3.56. The van der Waals surface area contributed by atoms with Crippen molar-refractivity contribution in [1.29, 1.82) is 0 Å². The highest BCUT2D eigenvalue weighted by Crippen LogP contribution is 2.35. The number of rotatable bonds is 3. The molecule has 1 aromatic carbocycles. The fraction of sp³-hybridized carbons (Fsp3) is 0.571. The first-order valence-electron chi connectivity index (χ1n) is 6.67. The molecule has 1 heterocycles. The van der Waals surface area contributed by atoms with Crippen LogP contribution in [0.1, 0.15) is 24.8 Å². The number of hydrogen-bond donors (Lipinski definition) is 1. The molecule has 2 N–H and O–H groups in total. The normalized spacial score (nSPS) is 19.9. The summed E-state index contributed by atoms with van der Waals surface area (Å²) in [6.45, 7) is 1.31. The van der Waals surface area contributed by atoms with Crippen LogP contribution in [-0.4, -0.2) is 26.3 Å². The summed E-state index contributed by atoms with van der Waals surface area (Å²) in [4.78, 5) is 1.78. The van der Waals surface area contributed by atoms with Crippen LogP contribution in [0.15, 0.2) is 18.2 Å². The molecule has 0 amide bonds. The zero-order valence-electron chi connectivity index (χ0n) is 11.4. The summed E-state index contributed by atoms with van der Waals surface area (Å²) < 4.78 is 44.1. The van der Waals surface area contributed by atoms with Crippen molar-refractivity contribution in [1.82, 2.24) is 0 Å². The topological polar surface area (TPSA) is 38.5 Å². The van der Waals surface area contributed by atoms with E-state index in [1.165, 1.54) is 6.07 Å². The molecule has 112 valence electrons. The van der Waals surface area contributed by atoms with Crippen molar-refractivity contribution in [3.63, 3.8) is 0 Å². The number of anilines is 2. The Morgan fingerprint density at radius 1 is 1.35 bits per heavy atom. The molecular weight excluding hydrogens is 269 g/mol. The second-order valence-electron chi connectivity index (χ2n) is 5.14. The highest BCUT2D eigenvalue weighted by atomic mass is 19.4. The second kappa shape index (κ2) is 5.91. The van der Waals surface area contributed by atoms with Crippen molar-refractivity contribution in [2.75, 3.05) is 30.8 Å². The fourth-order valence-electron chi connectivity index (χ4n) is 2.39. The molecule has 1 atom stereocenters. The van der Waals surface area contributed by atoms with Gasteiger partial charge in [0.2, 0.25) is 0 Å². The number of benzene rings is 1. The first-order chi connectivity index (χ1) is 9.38. The molecule has 1 fully saturated rings. The summed E-state index contributed by atoms with van der Waals surface area (Å²) >= 11 is 0. The Kier molecular flexibility index (Phi) is 4.42. The van der Waals surface area contributed by atoms with Crippen LogP contribution in [0.4, 0.5) is 24.5 Å². The Labute approximate surface area is 116 Å². The maximum atomic E-state index is 12.8. The van der Waals surface area contributed by atoms with Crippen LogP contribution in [0.3, 0.4) is 0 Å². The van der Waals surface area contributed by atoms with Crippen molar-refractivity contribution in [2.24, 2.45) is 0 Å². The lowest BCUT2D eigenvalue weighted by Crippen LogP contribution is -2.33. The van der Waals surface area contributed by atoms with E-state index in [2.05, 4.69) is 0 Å². The van der Waals surface area contributed by atoms with Crippen molar-refractivity contribution < 1.29 is 17.9 Å². The fourth-order valence-corrected chi connectivity index (χ4v) is 2.39. The average Bonchev–Trinajstić information content (AvgIpc) is 2.39. The lowest BCUT2D eigenvalue weighted by atomic mass is 10.1. The zero-order chi connectivity index (χ0) is 14.8. The summed E-state index contributed by atoms with van der Waals surface area (Å²) in [6.07, 6.45) is -1.23. The number of alkyl halides is 3. The number of halogens is 3. The molecule has 1 saturated heterocycles. The molecule has 0 radical (unpaired) electrons. The van der Waals surface area contributed by atoms with E-state index >= 15 is 0 Å². The molecule has 1 aromatic rings. The summed E-state index contributed by atoms with van der Waals surface area (Å²) in [5.74, 6) is 0. The number of nitrogens with two attached hydrogens (primary N) is 1. The van der Waals surface area contributed by atoms with E-state index in [9.17, 15) is 13.2 Å². The van der Waals surface area contributed by atoms with Crippen LogP contribution in [0.5, 0.6) is 0 Å². The molecule has 3 nitrogen and oxygen atoms in total. The van der Waals surface area contributed by atoms with Gasteiger partial charge in [-0.05, 0) is 37.5 Å². The SMILES string of the molecule is CN(CC1CCCCO1)c1ccc(N)c(C(F)(F)F)c1. The minimum atomic E-state index is -4.43. The number of nitrogen functional groups attached to an aromatic ring is 1. The van der Waals surface area contributed by atoms with E-state index in [1.54, 1.807) is 18.0 Å². The zero-order valence-corrected chi connectivity index (χ0v) is 11.4. The van der Waals surface area contributed by atoms with Gasteiger partial charge < -0.3 is 15.4 Å². The molecule has 0 bridgehead atoms. The van der Waals surface area contributed by atoms with E-state index in [1.807, 2.05) is 0 Å². The molecule has 6 heteroatoms. The van der Waals surface area contributed by atoms with Gasteiger partial charge in [-0.3, -0.25) is 0 Å². The molecule has 0 aliphatic carbocycles. The van der Waals surface area contributed by atoms with Gasteiger partial charge in [-0.25, -0.2) is 0 Å². The lowest BCUT2D eigenvalue weighted by molar-refractivity contribution is -0.136. The van der Waals surface area contributed by atoms with E-state index in [4.69, 9.17) is 10.5 Å². The van der Waals surface area contributed by atoms with Gasteiger partial charge in [-0.15, -0.1) is 0 Å². The monoisotopic (exact) mass is 288 g/mol. The number of likely N-dealkylation sites (N-methyl/N-ethyl adjacent to an activating group) is 1.